The number of ether oxygens (including phenoxy) is 1. The number of rotatable bonds is 5. The number of benzene rings is 2. The number of aryl methyl sites for hydroxylation is 1. The van der Waals surface area contributed by atoms with E-state index in [1.54, 1.807) is 25.1 Å². The second-order valence-electron chi connectivity index (χ2n) is 5.37. The van der Waals surface area contributed by atoms with Gasteiger partial charge in [0.15, 0.2) is 17.4 Å². The molecule has 0 aliphatic carbocycles. The standard InChI is InChI=1S/C17H14Cl2FN3O2/c1-9(17-22-10(2)23-25-17)21-12-4-6-15(14(20)8-12)24-16-7-11(18)3-5-13(16)19/h3-9,21H,1-2H3. The molecule has 5 nitrogen and oxygen atoms in total. The first-order chi connectivity index (χ1) is 11.9. The highest BCUT2D eigenvalue weighted by Crippen LogP contribution is 2.34. The lowest BCUT2D eigenvalue weighted by Crippen LogP contribution is -2.07. The molecule has 0 fully saturated rings. The van der Waals surface area contributed by atoms with E-state index in [9.17, 15) is 4.39 Å². The summed E-state index contributed by atoms with van der Waals surface area (Å²) < 4.78 is 24.9. The number of halogens is 3. The fraction of sp³-hybridized carbons (Fsp3) is 0.176. The zero-order valence-corrected chi connectivity index (χ0v) is 14.9. The molecule has 1 N–H and O–H groups in total. The molecular formula is C17H14Cl2FN3O2. The second kappa shape index (κ2) is 7.29. The maximum atomic E-state index is 14.3. The Morgan fingerprint density at radius 3 is 2.64 bits per heavy atom. The molecule has 1 aromatic heterocycles. The van der Waals surface area contributed by atoms with Gasteiger partial charge in [0.2, 0.25) is 5.89 Å². The lowest BCUT2D eigenvalue weighted by molar-refractivity contribution is 0.364. The van der Waals surface area contributed by atoms with E-state index in [0.717, 1.165) is 0 Å². The van der Waals surface area contributed by atoms with Gasteiger partial charge in [-0.1, -0.05) is 28.4 Å². The summed E-state index contributed by atoms with van der Waals surface area (Å²) in [5.74, 6) is 0.732. The molecule has 3 rings (SSSR count). The Balaban J connectivity index is 1.75. The lowest BCUT2D eigenvalue weighted by atomic mass is 10.2. The Labute approximate surface area is 153 Å². The van der Waals surface area contributed by atoms with Gasteiger partial charge in [0.05, 0.1) is 5.02 Å². The molecule has 0 aliphatic rings. The Hall–Kier alpha value is -2.31. The molecule has 1 heterocycles. The van der Waals surface area contributed by atoms with Gasteiger partial charge in [-0.25, -0.2) is 4.39 Å². The SMILES string of the molecule is Cc1noc(C(C)Nc2ccc(Oc3cc(Cl)ccc3Cl)c(F)c2)n1. The summed E-state index contributed by atoms with van der Waals surface area (Å²) in [5, 5.41) is 7.60. The predicted molar refractivity (Wildman–Crippen MR) is 94.0 cm³/mol. The van der Waals surface area contributed by atoms with E-state index in [2.05, 4.69) is 15.5 Å². The summed E-state index contributed by atoms with van der Waals surface area (Å²) in [4.78, 5) is 4.13. The van der Waals surface area contributed by atoms with Crippen molar-refractivity contribution in [2.45, 2.75) is 19.9 Å². The maximum Gasteiger partial charge on any atom is 0.248 e. The maximum absolute atomic E-state index is 14.3. The Morgan fingerprint density at radius 2 is 1.96 bits per heavy atom. The fourth-order valence-electron chi connectivity index (χ4n) is 2.15. The van der Waals surface area contributed by atoms with Gasteiger partial charge in [-0.2, -0.15) is 4.98 Å². The third-order valence-electron chi connectivity index (χ3n) is 3.34. The van der Waals surface area contributed by atoms with Crippen molar-refractivity contribution in [3.63, 3.8) is 0 Å². The molecule has 0 amide bonds. The van der Waals surface area contributed by atoms with Crippen LogP contribution in [-0.2, 0) is 0 Å². The van der Waals surface area contributed by atoms with Gasteiger partial charge >= 0.3 is 0 Å². The number of hydrogen-bond acceptors (Lipinski definition) is 5. The first-order valence-electron chi connectivity index (χ1n) is 7.41. The van der Waals surface area contributed by atoms with Crippen LogP contribution in [-0.4, -0.2) is 10.1 Å². The van der Waals surface area contributed by atoms with Crippen LogP contribution in [0.25, 0.3) is 0 Å². The van der Waals surface area contributed by atoms with Crippen molar-refractivity contribution >= 4 is 28.9 Å². The second-order valence-corrected chi connectivity index (χ2v) is 6.21. The highest BCUT2D eigenvalue weighted by molar-refractivity contribution is 6.34. The summed E-state index contributed by atoms with van der Waals surface area (Å²) in [7, 11) is 0. The smallest absolute Gasteiger partial charge is 0.248 e. The summed E-state index contributed by atoms with van der Waals surface area (Å²) in [6, 6.07) is 8.96. The average Bonchev–Trinajstić information content (AvgIpc) is 3.00. The van der Waals surface area contributed by atoms with E-state index in [-0.39, 0.29) is 17.5 Å². The zero-order valence-electron chi connectivity index (χ0n) is 13.4. The molecular weight excluding hydrogens is 368 g/mol. The van der Waals surface area contributed by atoms with Crippen LogP contribution in [0.15, 0.2) is 40.9 Å². The van der Waals surface area contributed by atoms with E-state index in [1.165, 1.54) is 18.2 Å². The molecule has 0 saturated carbocycles. The molecule has 0 radical (unpaired) electrons. The summed E-state index contributed by atoms with van der Waals surface area (Å²) >= 11 is 11.9. The molecule has 1 atom stereocenters. The summed E-state index contributed by atoms with van der Waals surface area (Å²) in [6.07, 6.45) is 0. The van der Waals surface area contributed by atoms with Crippen LogP contribution >= 0.6 is 23.2 Å². The summed E-state index contributed by atoms with van der Waals surface area (Å²) in [6.45, 7) is 3.56. The third-order valence-corrected chi connectivity index (χ3v) is 3.89. The normalized spacial score (nSPS) is 12.0. The molecule has 3 aromatic rings. The van der Waals surface area contributed by atoms with Crippen molar-refractivity contribution in [1.82, 2.24) is 10.1 Å². The number of hydrogen-bond donors (Lipinski definition) is 1. The van der Waals surface area contributed by atoms with Crippen molar-refractivity contribution in [2.24, 2.45) is 0 Å². The minimum absolute atomic E-state index is 0.0380. The van der Waals surface area contributed by atoms with Crippen LogP contribution in [0.1, 0.15) is 24.7 Å². The highest BCUT2D eigenvalue weighted by atomic mass is 35.5. The lowest BCUT2D eigenvalue weighted by Gasteiger charge is -2.13. The summed E-state index contributed by atoms with van der Waals surface area (Å²) in [5.41, 5.74) is 0.547. The van der Waals surface area contributed by atoms with Crippen LogP contribution in [0.4, 0.5) is 10.1 Å². The van der Waals surface area contributed by atoms with Gasteiger partial charge in [-0.3, -0.25) is 0 Å². The Morgan fingerprint density at radius 1 is 1.16 bits per heavy atom. The van der Waals surface area contributed by atoms with Crippen molar-refractivity contribution in [3.05, 3.63) is 64.0 Å². The largest absolute Gasteiger partial charge is 0.453 e. The predicted octanol–water partition coefficient (Wildman–Crippen LogP) is 5.79. The van der Waals surface area contributed by atoms with Gasteiger partial charge in [-0.05, 0) is 38.1 Å². The number of anilines is 1. The minimum Gasteiger partial charge on any atom is -0.453 e. The number of aromatic nitrogens is 2. The highest BCUT2D eigenvalue weighted by Gasteiger charge is 2.14. The minimum atomic E-state index is -0.546. The Bertz CT molecular complexity index is 901. The monoisotopic (exact) mass is 381 g/mol. The molecule has 0 spiro atoms. The van der Waals surface area contributed by atoms with Crippen LogP contribution in [0.3, 0.4) is 0 Å². The van der Waals surface area contributed by atoms with E-state index in [1.807, 2.05) is 6.92 Å². The molecule has 8 heteroatoms. The molecule has 0 saturated heterocycles. The van der Waals surface area contributed by atoms with Crippen LogP contribution < -0.4 is 10.1 Å². The van der Waals surface area contributed by atoms with Crippen molar-refractivity contribution < 1.29 is 13.7 Å². The number of nitrogens with zero attached hydrogens (tertiary/aromatic N) is 2. The molecule has 0 bridgehead atoms. The molecule has 1 unspecified atom stereocenters. The first kappa shape index (κ1) is 17.5. The van der Waals surface area contributed by atoms with E-state index in [0.29, 0.717) is 27.4 Å². The van der Waals surface area contributed by atoms with Gasteiger partial charge < -0.3 is 14.6 Å². The molecule has 2 aromatic carbocycles. The van der Waals surface area contributed by atoms with Crippen molar-refractivity contribution in [3.8, 4) is 11.5 Å². The van der Waals surface area contributed by atoms with E-state index < -0.39 is 5.82 Å². The first-order valence-corrected chi connectivity index (χ1v) is 8.17. The third kappa shape index (κ3) is 4.21. The molecule has 25 heavy (non-hydrogen) atoms. The molecule has 0 aliphatic heterocycles. The van der Waals surface area contributed by atoms with Gasteiger partial charge in [0.1, 0.15) is 11.8 Å². The van der Waals surface area contributed by atoms with Crippen LogP contribution in [0.5, 0.6) is 11.5 Å². The van der Waals surface area contributed by atoms with Gasteiger partial charge in [0.25, 0.3) is 0 Å². The van der Waals surface area contributed by atoms with E-state index >= 15 is 0 Å². The average molecular weight is 382 g/mol. The van der Waals surface area contributed by atoms with E-state index in [4.69, 9.17) is 32.5 Å². The van der Waals surface area contributed by atoms with Crippen molar-refractivity contribution in [2.75, 3.05) is 5.32 Å². The fourth-order valence-corrected chi connectivity index (χ4v) is 2.47. The quantitative estimate of drug-likeness (QED) is 0.605. The van der Waals surface area contributed by atoms with Gasteiger partial charge in [-0.15, -0.1) is 0 Å². The number of nitrogens with one attached hydrogen (secondary N) is 1. The topological polar surface area (TPSA) is 60.2 Å². The van der Waals surface area contributed by atoms with Gasteiger partial charge in [0, 0.05) is 22.8 Å². The van der Waals surface area contributed by atoms with Crippen molar-refractivity contribution in [1.29, 1.82) is 0 Å². The van der Waals surface area contributed by atoms with Crippen LogP contribution in [0.2, 0.25) is 10.0 Å². The zero-order chi connectivity index (χ0) is 18.0. The molecule has 130 valence electrons. The van der Waals surface area contributed by atoms with Crippen LogP contribution in [0, 0.1) is 12.7 Å². The Kier molecular flexibility index (Phi) is 5.11.